The molecule has 218 valence electrons. The molecule has 43 heavy (non-hydrogen) atoms. The molecule has 2 aliphatic heterocycles. The van der Waals surface area contributed by atoms with Gasteiger partial charge in [0.15, 0.2) is 12.6 Å². The van der Waals surface area contributed by atoms with Crippen molar-refractivity contribution >= 4 is 34.8 Å². The van der Waals surface area contributed by atoms with Gasteiger partial charge in [0.25, 0.3) is 5.91 Å². The van der Waals surface area contributed by atoms with Crippen molar-refractivity contribution in [1.82, 2.24) is 35.3 Å². The number of carbonyl (C=O) groups is 1. The number of para-hydroxylation sites is 1. The molecule has 0 bridgehead atoms. The minimum absolute atomic E-state index is 0.0536. The smallest absolute Gasteiger partial charge is 0.259 e. The number of aryl methyl sites for hydroxylation is 1. The molecule has 0 spiro atoms. The lowest BCUT2D eigenvalue weighted by Gasteiger charge is -2.32. The second-order valence-corrected chi connectivity index (χ2v) is 11.2. The largest absolute Gasteiger partial charge is 0.472 e. The highest BCUT2D eigenvalue weighted by atomic mass is 35.5. The Hall–Kier alpha value is -4.45. The van der Waals surface area contributed by atoms with E-state index < -0.39 is 0 Å². The van der Waals surface area contributed by atoms with Crippen LogP contribution < -0.4 is 9.64 Å². The SMILES string of the molecule is Cn1cc(-c2cc(Cl)c(C(=O)N3COc4c(cccc4-c4ccc(-c5nnn[nH]5)c(N5CCOCC5)c4)C3)c(Cl)c2)cn1. The van der Waals surface area contributed by atoms with Gasteiger partial charge in [-0.05, 0) is 45.8 Å². The van der Waals surface area contributed by atoms with Crippen molar-refractivity contribution in [3.63, 3.8) is 0 Å². The average molecular weight is 617 g/mol. The number of H-pyrrole nitrogens is 1. The molecule has 13 heteroatoms. The van der Waals surface area contributed by atoms with Crippen LogP contribution in [0.3, 0.4) is 0 Å². The zero-order chi connectivity index (χ0) is 29.5. The Bertz CT molecular complexity index is 1800. The molecule has 0 saturated carbocycles. The van der Waals surface area contributed by atoms with Crippen LogP contribution >= 0.6 is 23.2 Å². The highest BCUT2D eigenvalue weighted by Crippen LogP contribution is 2.41. The minimum atomic E-state index is -0.302. The van der Waals surface area contributed by atoms with E-state index in [0.29, 0.717) is 25.6 Å². The van der Waals surface area contributed by atoms with Crippen LogP contribution in [0.25, 0.3) is 33.6 Å². The highest BCUT2D eigenvalue weighted by Gasteiger charge is 2.29. The van der Waals surface area contributed by atoms with Gasteiger partial charge in [-0.15, -0.1) is 5.10 Å². The van der Waals surface area contributed by atoms with E-state index in [1.54, 1.807) is 27.9 Å². The summed E-state index contributed by atoms with van der Waals surface area (Å²) in [4.78, 5) is 17.5. The molecule has 11 nitrogen and oxygen atoms in total. The number of tetrazole rings is 1. The Morgan fingerprint density at radius 3 is 2.51 bits per heavy atom. The molecule has 4 heterocycles. The molecule has 0 aliphatic carbocycles. The van der Waals surface area contributed by atoms with Gasteiger partial charge in [-0.1, -0.05) is 47.5 Å². The quantitative estimate of drug-likeness (QED) is 0.291. The topological polar surface area (TPSA) is 114 Å². The molecule has 1 saturated heterocycles. The summed E-state index contributed by atoms with van der Waals surface area (Å²) in [5.41, 5.74) is 6.58. The molecular formula is C30H26Cl2N8O3. The Morgan fingerprint density at radius 2 is 1.79 bits per heavy atom. The Morgan fingerprint density at radius 1 is 0.977 bits per heavy atom. The van der Waals surface area contributed by atoms with E-state index in [0.717, 1.165) is 57.9 Å². The summed E-state index contributed by atoms with van der Waals surface area (Å²) >= 11 is 13.2. The number of hydrogen-bond donors (Lipinski definition) is 1. The number of aromatic nitrogens is 6. The lowest BCUT2D eigenvalue weighted by atomic mass is 9.97. The van der Waals surface area contributed by atoms with Crippen molar-refractivity contribution in [3.05, 3.63) is 82.1 Å². The zero-order valence-corrected chi connectivity index (χ0v) is 24.6. The normalized spacial score (nSPS) is 14.9. The zero-order valence-electron chi connectivity index (χ0n) is 23.1. The monoisotopic (exact) mass is 616 g/mol. The van der Waals surface area contributed by atoms with Gasteiger partial charge < -0.3 is 19.3 Å². The van der Waals surface area contributed by atoms with Gasteiger partial charge in [-0.3, -0.25) is 9.48 Å². The van der Waals surface area contributed by atoms with E-state index in [4.69, 9.17) is 32.7 Å². The minimum Gasteiger partial charge on any atom is -0.472 e. The number of morpholine rings is 1. The van der Waals surface area contributed by atoms with Crippen LogP contribution in [0.5, 0.6) is 5.75 Å². The second-order valence-electron chi connectivity index (χ2n) is 10.4. The number of nitrogens with zero attached hydrogens (tertiary/aromatic N) is 7. The van der Waals surface area contributed by atoms with E-state index in [2.05, 4.69) is 36.7 Å². The Balaban J connectivity index is 1.18. The fourth-order valence-corrected chi connectivity index (χ4v) is 6.19. The van der Waals surface area contributed by atoms with Crippen molar-refractivity contribution < 1.29 is 14.3 Å². The van der Waals surface area contributed by atoms with Gasteiger partial charge >= 0.3 is 0 Å². The third-order valence-corrected chi connectivity index (χ3v) is 8.26. The first kappa shape index (κ1) is 27.4. The van der Waals surface area contributed by atoms with E-state index in [-0.39, 0.29) is 28.2 Å². The van der Waals surface area contributed by atoms with Crippen LogP contribution in [0.1, 0.15) is 15.9 Å². The lowest BCUT2D eigenvalue weighted by Crippen LogP contribution is -2.37. The summed E-state index contributed by atoms with van der Waals surface area (Å²) in [6, 6.07) is 15.6. The lowest BCUT2D eigenvalue weighted by molar-refractivity contribution is 0.0516. The fraction of sp³-hybridized carbons (Fsp3) is 0.233. The summed E-state index contributed by atoms with van der Waals surface area (Å²) in [6.07, 6.45) is 3.58. The third kappa shape index (κ3) is 5.20. The Kier molecular flexibility index (Phi) is 7.21. The standard InChI is InChI=1S/C30H26Cl2N8O3/c1-38-15-21(14-33-38)20-11-24(31)27(25(32)12-20)30(41)40-16-19-3-2-4-22(28(19)43-17-40)18-5-6-23(29-34-36-37-35-29)26(13-18)39-7-9-42-10-8-39/h2-6,11-15H,7-10,16-17H2,1H3,(H,34,35,36,37). The average Bonchev–Trinajstić information content (AvgIpc) is 3.73. The van der Waals surface area contributed by atoms with Crippen LogP contribution in [0.2, 0.25) is 10.0 Å². The van der Waals surface area contributed by atoms with E-state index in [1.165, 1.54) is 0 Å². The van der Waals surface area contributed by atoms with E-state index >= 15 is 0 Å². The van der Waals surface area contributed by atoms with Crippen molar-refractivity contribution in [2.24, 2.45) is 7.05 Å². The molecular weight excluding hydrogens is 591 g/mol. The number of aromatic amines is 1. The van der Waals surface area contributed by atoms with Gasteiger partial charge in [-0.2, -0.15) is 5.10 Å². The van der Waals surface area contributed by atoms with Crippen LogP contribution in [0, 0.1) is 0 Å². The van der Waals surface area contributed by atoms with Crippen LogP contribution in [0.4, 0.5) is 5.69 Å². The molecule has 0 radical (unpaired) electrons. The number of benzene rings is 3. The maximum absolute atomic E-state index is 13.7. The number of halogens is 2. The summed E-state index contributed by atoms with van der Waals surface area (Å²) < 4.78 is 13.5. The maximum Gasteiger partial charge on any atom is 0.259 e. The van der Waals surface area contributed by atoms with Gasteiger partial charge in [0.1, 0.15) is 5.75 Å². The molecule has 2 aliphatic rings. The molecule has 1 fully saturated rings. The molecule has 2 aromatic heterocycles. The summed E-state index contributed by atoms with van der Waals surface area (Å²) in [5.74, 6) is 1.03. The van der Waals surface area contributed by atoms with Crippen molar-refractivity contribution in [2.75, 3.05) is 37.9 Å². The number of ether oxygens (including phenoxy) is 2. The number of fused-ring (bicyclic) bond motifs is 1. The molecule has 3 aromatic carbocycles. The van der Waals surface area contributed by atoms with Crippen LogP contribution in [0.15, 0.2) is 60.9 Å². The molecule has 1 amide bonds. The number of hydrogen-bond acceptors (Lipinski definition) is 8. The first-order valence-corrected chi connectivity index (χ1v) is 14.4. The number of nitrogens with one attached hydrogen (secondary N) is 1. The van der Waals surface area contributed by atoms with Gasteiger partial charge in [0, 0.05) is 54.3 Å². The predicted octanol–water partition coefficient (Wildman–Crippen LogP) is 5.07. The first-order valence-electron chi connectivity index (χ1n) is 13.7. The molecule has 0 atom stereocenters. The third-order valence-electron chi connectivity index (χ3n) is 7.66. The summed E-state index contributed by atoms with van der Waals surface area (Å²) in [6.45, 7) is 3.20. The number of anilines is 1. The second kappa shape index (κ2) is 11.3. The van der Waals surface area contributed by atoms with Crippen molar-refractivity contribution in [2.45, 2.75) is 6.54 Å². The Labute approximate surface area is 256 Å². The number of rotatable bonds is 5. The van der Waals surface area contributed by atoms with E-state index in [1.807, 2.05) is 43.6 Å². The first-order chi connectivity index (χ1) is 21.0. The highest BCUT2D eigenvalue weighted by molar-refractivity contribution is 6.40. The number of carbonyl (C=O) groups excluding carboxylic acids is 1. The molecule has 1 N–H and O–H groups in total. The van der Waals surface area contributed by atoms with Crippen molar-refractivity contribution in [3.8, 4) is 39.4 Å². The van der Waals surface area contributed by atoms with Gasteiger partial charge in [-0.25, -0.2) is 5.10 Å². The summed E-state index contributed by atoms with van der Waals surface area (Å²) in [7, 11) is 1.83. The van der Waals surface area contributed by atoms with Gasteiger partial charge in [0.2, 0.25) is 0 Å². The summed E-state index contributed by atoms with van der Waals surface area (Å²) in [5, 5.41) is 19.3. The molecule has 7 rings (SSSR count). The van der Waals surface area contributed by atoms with Gasteiger partial charge in [0.05, 0.1) is 41.6 Å². The van der Waals surface area contributed by atoms with E-state index in [9.17, 15) is 4.79 Å². The fourth-order valence-electron chi connectivity index (χ4n) is 5.54. The molecule has 0 unspecified atom stereocenters. The maximum atomic E-state index is 13.7. The van der Waals surface area contributed by atoms with Crippen LogP contribution in [-0.4, -0.2) is 74.2 Å². The number of amides is 1. The molecule has 5 aromatic rings. The predicted molar refractivity (Wildman–Crippen MR) is 162 cm³/mol. The van der Waals surface area contributed by atoms with Crippen LogP contribution in [-0.2, 0) is 18.3 Å². The van der Waals surface area contributed by atoms with Crippen molar-refractivity contribution in [1.29, 1.82) is 0 Å².